The molecule has 0 saturated heterocycles. The molecule has 6 heteroatoms. The van der Waals surface area contributed by atoms with Gasteiger partial charge in [-0.3, -0.25) is 10.1 Å². The molecule has 1 aromatic carbocycles. The highest BCUT2D eigenvalue weighted by molar-refractivity contribution is 5.82. The predicted octanol–water partition coefficient (Wildman–Crippen LogP) is 1.44. The van der Waals surface area contributed by atoms with E-state index in [9.17, 15) is 9.18 Å². The number of nitrogens with zero attached hydrogens (tertiary/aromatic N) is 1. The summed E-state index contributed by atoms with van der Waals surface area (Å²) in [5.41, 5.74) is 2.70. The SMILES string of the molecule is C[C@@H](NC(=O)C1Cc2nc[nH]c2CN1)c1cccc(F)c1. The monoisotopic (exact) mass is 288 g/mol. The number of rotatable bonds is 3. The van der Waals surface area contributed by atoms with Gasteiger partial charge in [-0.25, -0.2) is 9.37 Å². The highest BCUT2D eigenvalue weighted by Gasteiger charge is 2.26. The minimum atomic E-state index is -0.309. The fourth-order valence-electron chi connectivity index (χ4n) is 2.53. The fraction of sp³-hybridized carbons (Fsp3) is 0.333. The summed E-state index contributed by atoms with van der Waals surface area (Å²) in [5.74, 6) is -0.397. The van der Waals surface area contributed by atoms with Crippen molar-refractivity contribution in [1.29, 1.82) is 0 Å². The Morgan fingerprint density at radius 3 is 3.19 bits per heavy atom. The number of benzene rings is 1. The first kappa shape index (κ1) is 13.8. The van der Waals surface area contributed by atoms with Crippen LogP contribution in [-0.4, -0.2) is 21.9 Å². The van der Waals surface area contributed by atoms with E-state index < -0.39 is 0 Å². The normalized spacial score (nSPS) is 18.9. The maximum absolute atomic E-state index is 13.2. The molecule has 0 fully saturated rings. The highest BCUT2D eigenvalue weighted by atomic mass is 19.1. The summed E-state index contributed by atoms with van der Waals surface area (Å²) < 4.78 is 13.2. The molecule has 110 valence electrons. The van der Waals surface area contributed by atoms with E-state index in [0.717, 1.165) is 17.0 Å². The third-order valence-corrected chi connectivity index (χ3v) is 3.75. The van der Waals surface area contributed by atoms with Gasteiger partial charge in [0.1, 0.15) is 5.82 Å². The third kappa shape index (κ3) is 2.95. The number of nitrogens with one attached hydrogen (secondary N) is 3. The predicted molar refractivity (Wildman–Crippen MR) is 75.9 cm³/mol. The summed E-state index contributed by atoms with van der Waals surface area (Å²) >= 11 is 0. The Kier molecular flexibility index (Phi) is 3.70. The van der Waals surface area contributed by atoms with Crippen LogP contribution < -0.4 is 10.6 Å². The van der Waals surface area contributed by atoms with Crippen molar-refractivity contribution in [2.24, 2.45) is 0 Å². The van der Waals surface area contributed by atoms with E-state index in [1.54, 1.807) is 18.5 Å². The zero-order chi connectivity index (χ0) is 14.8. The van der Waals surface area contributed by atoms with E-state index in [1.807, 2.05) is 6.92 Å². The topological polar surface area (TPSA) is 69.8 Å². The lowest BCUT2D eigenvalue weighted by molar-refractivity contribution is -0.124. The van der Waals surface area contributed by atoms with Crippen LogP contribution in [0.5, 0.6) is 0 Å². The Balaban J connectivity index is 1.64. The first-order valence-corrected chi connectivity index (χ1v) is 6.94. The number of carbonyl (C=O) groups excluding carboxylic acids is 1. The number of imidazole rings is 1. The lowest BCUT2D eigenvalue weighted by atomic mass is 10.0. The fourth-order valence-corrected chi connectivity index (χ4v) is 2.53. The molecule has 0 spiro atoms. The van der Waals surface area contributed by atoms with Gasteiger partial charge in [0, 0.05) is 13.0 Å². The van der Waals surface area contributed by atoms with Crippen molar-refractivity contribution >= 4 is 5.91 Å². The summed E-state index contributed by atoms with van der Waals surface area (Å²) in [6.45, 7) is 2.44. The summed E-state index contributed by atoms with van der Waals surface area (Å²) in [6, 6.07) is 5.72. The van der Waals surface area contributed by atoms with Crippen molar-refractivity contribution in [3.05, 3.63) is 53.4 Å². The Morgan fingerprint density at radius 1 is 1.52 bits per heavy atom. The molecule has 1 amide bonds. The Morgan fingerprint density at radius 2 is 2.38 bits per heavy atom. The second kappa shape index (κ2) is 5.65. The molecule has 3 rings (SSSR count). The number of hydrogen-bond donors (Lipinski definition) is 3. The molecule has 2 atom stereocenters. The minimum absolute atomic E-state index is 0.0968. The molecule has 1 aromatic heterocycles. The van der Waals surface area contributed by atoms with Crippen molar-refractivity contribution in [2.75, 3.05) is 0 Å². The number of aromatic amines is 1. The summed E-state index contributed by atoms with van der Waals surface area (Å²) in [5, 5.41) is 6.08. The van der Waals surface area contributed by atoms with Crippen molar-refractivity contribution in [1.82, 2.24) is 20.6 Å². The standard InChI is InChI=1S/C15H17FN4O/c1-9(10-3-2-4-11(16)5-10)20-15(21)13-6-12-14(7-17-13)19-8-18-12/h2-5,8-9,13,17H,6-7H2,1H3,(H,18,19)(H,20,21)/t9-,13?/m1/s1. The molecule has 1 aliphatic rings. The van der Waals surface area contributed by atoms with Gasteiger partial charge in [-0.15, -0.1) is 0 Å². The Bertz CT molecular complexity index is 655. The number of fused-ring (bicyclic) bond motifs is 1. The second-order valence-electron chi connectivity index (χ2n) is 5.25. The lowest BCUT2D eigenvalue weighted by Gasteiger charge is -2.24. The van der Waals surface area contributed by atoms with Crippen LogP contribution in [0.2, 0.25) is 0 Å². The van der Waals surface area contributed by atoms with E-state index >= 15 is 0 Å². The number of halogens is 1. The quantitative estimate of drug-likeness (QED) is 0.800. The number of aromatic nitrogens is 2. The second-order valence-corrected chi connectivity index (χ2v) is 5.25. The molecule has 0 radical (unpaired) electrons. The van der Waals surface area contributed by atoms with Gasteiger partial charge in [0.2, 0.25) is 5.91 Å². The van der Waals surface area contributed by atoms with Gasteiger partial charge >= 0.3 is 0 Å². The summed E-state index contributed by atoms with van der Waals surface area (Å²) in [6.07, 6.45) is 2.20. The van der Waals surface area contributed by atoms with Crippen molar-refractivity contribution in [3.8, 4) is 0 Å². The van der Waals surface area contributed by atoms with E-state index in [2.05, 4.69) is 20.6 Å². The Labute approximate surface area is 122 Å². The summed E-state index contributed by atoms with van der Waals surface area (Å²) in [7, 11) is 0. The minimum Gasteiger partial charge on any atom is -0.348 e. The van der Waals surface area contributed by atoms with Crippen molar-refractivity contribution in [2.45, 2.75) is 32.0 Å². The van der Waals surface area contributed by atoms with Crippen LogP contribution in [0.15, 0.2) is 30.6 Å². The van der Waals surface area contributed by atoms with Crippen LogP contribution in [0.1, 0.15) is 29.9 Å². The molecule has 1 unspecified atom stereocenters. The maximum atomic E-state index is 13.2. The Hall–Kier alpha value is -2.21. The molecule has 5 nitrogen and oxygen atoms in total. The van der Waals surface area contributed by atoms with E-state index in [0.29, 0.717) is 13.0 Å². The molecule has 2 aromatic rings. The van der Waals surface area contributed by atoms with Crippen LogP contribution in [0, 0.1) is 5.82 Å². The molecule has 1 aliphatic heterocycles. The molecule has 3 N–H and O–H groups in total. The van der Waals surface area contributed by atoms with Gasteiger partial charge in [0.15, 0.2) is 0 Å². The average Bonchev–Trinajstić information content (AvgIpc) is 2.94. The lowest BCUT2D eigenvalue weighted by Crippen LogP contribution is -2.48. The van der Waals surface area contributed by atoms with Gasteiger partial charge in [-0.2, -0.15) is 0 Å². The molecule has 0 aliphatic carbocycles. The van der Waals surface area contributed by atoms with Crippen molar-refractivity contribution < 1.29 is 9.18 Å². The molecular weight excluding hydrogens is 271 g/mol. The first-order valence-electron chi connectivity index (χ1n) is 6.94. The van der Waals surface area contributed by atoms with Gasteiger partial charge in [-0.05, 0) is 24.6 Å². The van der Waals surface area contributed by atoms with Gasteiger partial charge < -0.3 is 10.3 Å². The zero-order valence-electron chi connectivity index (χ0n) is 11.7. The highest BCUT2D eigenvalue weighted by Crippen LogP contribution is 2.16. The molecule has 21 heavy (non-hydrogen) atoms. The van der Waals surface area contributed by atoms with E-state index in [-0.39, 0.29) is 23.8 Å². The number of amides is 1. The van der Waals surface area contributed by atoms with Crippen LogP contribution >= 0.6 is 0 Å². The van der Waals surface area contributed by atoms with Crippen LogP contribution in [0.4, 0.5) is 4.39 Å². The average molecular weight is 288 g/mol. The van der Waals surface area contributed by atoms with E-state index in [1.165, 1.54) is 12.1 Å². The molecule has 0 saturated carbocycles. The molecule has 2 heterocycles. The van der Waals surface area contributed by atoms with Gasteiger partial charge in [-0.1, -0.05) is 12.1 Å². The van der Waals surface area contributed by atoms with Crippen LogP contribution in [-0.2, 0) is 17.8 Å². The third-order valence-electron chi connectivity index (χ3n) is 3.75. The number of hydrogen-bond acceptors (Lipinski definition) is 3. The van der Waals surface area contributed by atoms with Crippen LogP contribution in [0.25, 0.3) is 0 Å². The number of carbonyl (C=O) groups is 1. The summed E-state index contributed by atoms with van der Waals surface area (Å²) in [4.78, 5) is 19.5. The number of H-pyrrole nitrogens is 1. The smallest absolute Gasteiger partial charge is 0.238 e. The zero-order valence-corrected chi connectivity index (χ0v) is 11.7. The molecule has 0 bridgehead atoms. The van der Waals surface area contributed by atoms with Crippen molar-refractivity contribution in [3.63, 3.8) is 0 Å². The van der Waals surface area contributed by atoms with Gasteiger partial charge in [0.05, 0.1) is 29.8 Å². The molecular formula is C15H17FN4O. The maximum Gasteiger partial charge on any atom is 0.238 e. The van der Waals surface area contributed by atoms with Crippen LogP contribution in [0.3, 0.4) is 0 Å². The first-order chi connectivity index (χ1) is 10.1. The van der Waals surface area contributed by atoms with Gasteiger partial charge in [0.25, 0.3) is 0 Å². The van der Waals surface area contributed by atoms with E-state index in [4.69, 9.17) is 0 Å². The largest absolute Gasteiger partial charge is 0.348 e.